The van der Waals surface area contributed by atoms with Crippen molar-refractivity contribution >= 4 is 32.6 Å². The minimum absolute atomic E-state index is 0.238. The zero-order valence-corrected chi connectivity index (χ0v) is 16.3. The Morgan fingerprint density at radius 3 is 2.54 bits per heavy atom. The lowest BCUT2D eigenvalue weighted by Gasteiger charge is -2.19. The Bertz CT molecular complexity index is 1100. The Labute approximate surface area is 166 Å². The predicted molar refractivity (Wildman–Crippen MR) is 110 cm³/mol. The van der Waals surface area contributed by atoms with Crippen LogP contribution in [0.1, 0.15) is 27.2 Å². The van der Waals surface area contributed by atoms with Crippen molar-refractivity contribution in [3.05, 3.63) is 89.0 Å². The zero-order chi connectivity index (χ0) is 19.7. The fourth-order valence-electron chi connectivity index (χ4n) is 2.91. The highest BCUT2D eigenvalue weighted by molar-refractivity contribution is 7.22. The van der Waals surface area contributed by atoms with Gasteiger partial charge in [0, 0.05) is 11.8 Å². The number of pyridine rings is 1. The van der Waals surface area contributed by atoms with Gasteiger partial charge < -0.3 is 0 Å². The number of fused-ring (bicyclic) bond motifs is 1. The molecule has 4 nitrogen and oxygen atoms in total. The molecule has 0 saturated heterocycles. The van der Waals surface area contributed by atoms with Crippen LogP contribution in [0.2, 0.25) is 0 Å². The molecule has 4 rings (SSSR count). The zero-order valence-electron chi connectivity index (χ0n) is 15.5. The van der Waals surface area contributed by atoms with Crippen LogP contribution in [0, 0.1) is 19.7 Å². The smallest absolute Gasteiger partial charge is 0.260 e. The van der Waals surface area contributed by atoms with Crippen LogP contribution in [0.4, 0.5) is 9.52 Å². The molecular formula is C22H18FN3OS. The van der Waals surface area contributed by atoms with Crippen LogP contribution in [0.5, 0.6) is 0 Å². The maximum absolute atomic E-state index is 13.3. The van der Waals surface area contributed by atoms with Crippen LogP contribution in [-0.2, 0) is 6.54 Å². The van der Waals surface area contributed by atoms with Crippen LogP contribution in [0.25, 0.3) is 10.2 Å². The lowest BCUT2D eigenvalue weighted by atomic mass is 10.1. The number of hydrogen-bond acceptors (Lipinski definition) is 4. The minimum atomic E-state index is -0.376. The first-order chi connectivity index (χ1) is 13.5. The van der Waals surface area contributed by atoms with E-state index in [9.17, 15) is 9.18 Å². The molecule has 2 aromatic carbocycles. The summed E-state index contributed by atoms with van der Waals surface area (Å²) < 4.78 is 14.3. The molecular weight excluding hydrogens is 373 g/mol. The van der Waals surface area contributed by atoms with Crippen LogP contribution >= 0.6 is 11.3 Å². The summed E-state index contributed by atoms with van der Waals surface area (Å²) in [7, 11) is 0. The number of amides is 1. The van der Waals surface area contributed by atoms with Gasteiger partial charge in [0.1, 0.15) is 5.82 Å². The number of aryl methyl sites for hydroxylation is 2. The molecule has 6 heteroatoms. The summed E-state index contributed by atoms with van der Waals surface area (Å²) in [5.41, 5.74) is 4.36. The normalized spacial score (nSPS) is 11.0. The summed E-state index contributed by atoms with van der Waals surface area (Å²) >= 11 is 1.47. The van der Waals surface area contributed by atoms with Crippen LogP contribution < -0.4 is 4.90 Å². The Balaban J connectivity index is 1.78. The summed E-state index contributed by atoms with van der Waals surface area (Å²) in [6.45, 7) is 4.39. The van der Waals surface area contributed by atoms with Gasteiger partial charge in [0.15, 0.2) is 5.13 Å². The third kappa shape index (κ3) is 3.64. The number of carbonyl (C=O) groups is 1. The van der Waals surface area contributed by atoms with Crippen molar-refractivity contribution in [2.45, 2.75) is 20.4 Å². The summed E-state index contributed by atoms with van der Waals surface area (Å²) in [5, 5.41) is 0.597. The highest BCUT2D eigenvalue weighted by atomic mass is 32.1. The number of carbonyl (C=O) groups excluding carboxylic acids is 1. The molecule has 0 N–H and O–H groups in total. The number of rotatable bonds is 4. The molecule has 0 aliphatic carbocycles. The summed E-state index contributed by atoms with van der Waals surface area (Å²) in [6, 6.07) is 15.3. The van der Waals surface area contributed by atoms with Gasteiger partial charge >= 0.3 is 0 Å². The van der Waals surface area contributed by atoms with E-state index in [4.69, 9.17) is 4.98 Å². The van der Waals surface area contributed by atoms with Crippen molar-refractivity contribution in [2.24, 2.45) is 0 Å². The number of thiazole rings is 1. The Morgan fingerprint density at radius 2 is 1.82 bits per heavy atom. The number of anilines is 1. The molecule has 140 valence electrons. The van der Waals surface area contributed by atoms with E-state index >= 15 is 0 Å². The number of nitrogens with zero attached hydrogens (tertiary/aromatic N) is 3. The van der Waals surface area contributed by atoms with Gasteiger partial charge in [0.05, 0.1) is 22.5 Å². The van der Waals surface area contributed by atoms with Crippen LogP contribution in [0.3, 0.4) is 0 Å². The topological polar surface area (TPSA) is 46.1 Å². The Kier molecular flexibility index (Phi) is 4.88. The van der Waals surface area contributed by atoms with Crippen LogP contribution in [-0.4, -0.2) is 15.9 Å². The second kappa shape index (κ2) is 7.48. The molecule has 0 bridgehead atoms. The van der Waals surface area contributed by atoms with E-state index in [1.54, 1.807) is 11.1 Å². The van der Waals surface area contributed by atoms with E-state index in [2.05, 4.69) is 18.0 Å². The molecule has 1 amide bonds. The van der Waals surface area contributed by atoms with Crippen LogP contribution in [0.15, 0.2) is 60.8 Å². The maximum atomic E-state index is 13.3. The van der Waals surface area contributed by atoms with Gasteiger partial charge in [-0.05, 0) is 73.5 Å². The Hall–Kier alpha value is -3.12. The highest BCUT2D eigenvalue weighted by Gasteiger charge is 2.22. The summed E-state index contributed by atoms with van der Waals surface area (Å²) in [5.74, 6) is -0.614. The van der Waals surface area contributed by atoms with Gasteiger partial charge in [-0.3, -0.25) is 14.7 Å². The largest absolute Gasteiger partial charge is 0.278 e. The summed E-state index contributed by atoms with van der Waals surface area (Å²) in [4.78, 5) is 23.9. The monoisotopic (exact) mass is 391 g/mol. The van der Waals surface area contributed by atoms with E-state index in [1.165, 1.54) is 41.2 Å². The first-order valence-electron chi connectivity index (χ1n) is 8.86. The van der Waals surface area contributed by atoms with Crippen molar-refractivity contribution in [1.82, 2.24) is 9.97 Å². The SMILES string of the molecule is Cc1cc2nc(N(Cc3ccccn3)C(=O)c3ccc(F)cc3)sc2cc1C. The third-order valence-corrected chi connectivity index (χ3v) is 5.65. The van der Waals surface area contributed by atoms with E-state index in [0.717, 1.165) is 21.5 Å². The first kappa shape index (κ1) is 18.3. The van der Waals surface area contributed by atoms with E-state index in [0.29, 0.717) is 10.7 Å². The molecule has 0 aliphatic heterocycles. The van der Waals surface area contributed by atoms with Gasteiger partial charge in [0.25, 0.3) is 5.91 Å². The average Bonchev–Trinajstić information content (AvgIpc) is 3.09. The van der Waals surface area contributed by atoms with Gasteiger partial charge in [-0.15, -0.1) is 0 Å². The van der Waals surface area contributed by atoms with Crippen molar-refractivity contribution in [1.29, 1.82) is 0 Å². The minimum Gasteiger partial charge on any atom is -0.278 e. The fraction of sp³-hybridized carbons (Fsp3) is 0.136. The quantitative estimate of drug-likeness (QED) is 0.475. The van der Waals surface area contributed by atoms with Crippen molar-refractivity contribution in [3.63, 3.8) is 0 Å². The fourth-order valence-corrected chi connectivity index (χ4v) is 3.95. The number of benzene rings is 2. The molecule has 0 unspecified atom stereocenters. The molecule has 0 spiro atoms. The van der Waals surface area contributed by atoms with Gasteiger partial charge in [0.2, 0.25) is 0 Å². The highest BCUT2D eigenvalue weighted by Crippen LogP contribution is 2.32. The van der Waals surface area contributed by atoms with Crippen molar-refractivity contribution in [3.8, 4) is 0 Å². The average molecular weight is 391 g/mol. The van der Waals surface area contributed by atoms with E-state index in [1.807, 2.05) is 31.2 Å². The predicted octanol–water partition coefficient (Wildman–Crippen LogP) is 5.29. The van der Waals surface area contributed by atoms with E-state index < -0.39 is 0 Å². The van der Waals surface area contributed by atoms with Gasteiger partial charge in [-0.25, -0.2) is 9.37 Å². The van der Waals surface area contributed by atoms with Crippen molar-refractivity contribution < 1.29 is 9.18 Å². The number of hydrogen-bond donors (Lipinski definition) is 0. The molecule has 0 aliphatic rings. The molecule has 28 heavy (non-hydrogen) atoms. The van der Waals surface area contributed by atoms with Gasteiger partial charge in [-0.1, -0.05) is 17.4 Å². The molecule has 0 radical (unpaired) electrons. The maximum Gasteiger partial charge on any atom is 0.260 e. The van der Waals surface area contributed by atoms with E-state index in [-0.39, 0.29) is 18.3 Å². The second-order valence-electron chi connectivity index (χ2n) is 6.62. The molecule has 0 fully saturated rings. The standard InChI is InChI=1S/C22H18FN3OS/c1-14-11-19-20(12-15(14)2)28-22(25-19)26(13-18-5-3-4-10-24-18)21(27)16-6-8-17(23)9-7-16/h3-12H,13H2,1-2H3. The molecule has 2 heterocycles. The summed E-state index contributed by atoms with van der Waals surface area (Å²) in [6.07, 6.45) is 1.70. The molecule has 0 atom stereocenters. The second-order valence-corrected chi connectivity index (χ2v) is 7.63. The first-order valence-corrected chi connectivity index (χ1v) is 9.68. The molecule has 0 saturated carbocycles. The number of aromatic nitrogens is 2. The van der Waals surface area contributed by atoms with Crippen molar-refractivity contribution in [2.75, 3.05) is 4.90 Å². The number of halogens is 1. The van der Waals surface area contributed by atoms with Gasteiger partial charge in [-0.2, -0.15) is 0 Å². The Morgan fingerprint density at radius 1 is 1.07 bits per heavy atom. The lowest BCUT2D eigenvalue weighted by molar-refractivity contribution is 0.0985. The third-order valence-electron chi connectivity index (χ3n) is 4.61. The lowest BCUT2D eigenvalue weighted by Crippen LogP contribution is -2.30. The molecule has 2 aromatic heterocycles. The molecule has 4 aromatic rings.